The third-order valence-electron chi connectivity index (χ3n) is 3.88. The van der Waals surface area contributed by atoms with E-state index in [0.29, 0.717) is 5.16 Å². The van der Waals surface area contributed by atoms with Gasteiger partial charge in [-0.05, 0) is 54.5 Å². The van der Waals surface area contributed by atoms with Gasteiger partial charge < -0.3 is 5.32 Å². The van der Waals surface area contributed by atoms with Crippen LogP contribution in [0.3, 0.4) is 0 Å². The smallest absolute Gasteiger partial charge is 0.237 e. The van der Waals surface area contributed by atoms with Crippen molar-refractivity contribution >= 4 is 23.4 Å². The molecule has 1 atom stereocenters. The Morgan fingerprint density at radius 2 is 1.85 bits per heavy atom. The van der Waals surface area contributed by atoms with Gasteiger partial charge in [-0.1, -0.05) is 42.1 Å². The number of amides is 1. The first-order chi connectivity index (χ1) is 12.5. The Kier molecular flexibility index (Phi) is 5.32. The van der Waals surface area contributed by atoms with E-state index in [1.54, 1.807) is 23.7 Å². The van der Waals surface area contributed by atoms with Crippen LogP contribution >= 0.6 is 11.8 Å². The number of hydrogen-bond acceptors (Lipinski definition) is 5. The number of anilines is 1. The number of aromatic nitrogens is 4. The van der Waals surface area contributed by atoms with Crippen molar-refractivity contribution in [1.82, 2.24) is 20.2 Å². The summed E-state index contributed by atoms with van der Waals surface area (Å²) in [6.45, 7) is 5.68. The molecule has 0 unspecified atom stereocenters. The second kappa shape index (κ2) is 7.65. The summed E-state index contributed by atoms with van der Waals surface area (Å²) in [4.78, 5) is 12.4. The van der Waals surface area contributed by atoms with Gasteiger partial charge in [-0.3, -0.25) is 4.79 Å². The molecule has 0 aliphatic carbocycles. The number of halogens is 1. The molecule has 0 aliphatic rings. The Morgan fingerprint density at radius 1 is 1.15 bits per heavy atom. The Balaban J connectivity index is 1.79. The van der Waals surface area contributed by atoms with E-state index in [1.165, 1.54) is 23.9 Å². The molecule has 134 valence electrons. The molecule has 3 rings (SSSR count). The van der Waals surface area contributed by atoms with Crippen LogP contribution < -0.4 is 5.32 Å². The molecule has 0 saturated carbocycles. The molecule has 1 N–H and O–H groups in total. The first-order valence-corrected chi connectivity index (χ1v) is 8.92. The third-order valence-corrected chi connectivity index (χ3v) is 4.91. The third kappa shape index (κ3) is 3.75. The van der Waals surface area contributed by atoms with E-state index in [0.717, 1.165) is 16.8 Å². The number of tetrazole rings is 1. The van der Waals surface area contributed by atoms with Crippen LogP contribution in [-0.4, -0.2) is 31.4 Å². The zero-order valence-corrected chi connectivity index (χ0v) is 15.4. The van der Waals surface area contributed by atoms with E-state index in [4.69, 9.17) is 0 Å². The number of nitrogens with zero attached hydrogens (tertiary/aromatic N) is 4. The number of carbonyl (C=O) groups is 1. The molecule has 0 fully saturated rings. The average molecular weight is 371 g/mol. The van der Waals surface area contributed by atoms with Crippen molar-refractivity contribution in [2.45, 2.75) is 31.2 Å². The summed E-state index contributed by atoms with van der Waals surface area (Å²) >= 11 is 1.21. The van der Waals surface area contributed by atoms with Gasteiger partial charge in [0.2, 0.25) is 11.1 Å². The minimum Gasteiger partial charge on any atom is -0.323 e. The number of benzene rings is 2. The van der Waals surface area contributed by atoms with Gasteiger partial charge in [0.05, 0.1) is 16.6 Å². The zero-order chi connectivity index (χ0) is 18.7. The Labute approximate surface area is 154 Å². The largest absolute Gasteiger partial charge is 0.323 e. The maximum absolute atomic E-state index is 13.7. The van der Waals surface area contributed by atoms with Gasteiger partial charge >= 0.3 is 0 Å². The first kappa shape index (κ1) is 18.1. The first-order valence-electron chi connectivity index (χ1n) is 8.04. The highest BCUT2D eigenvalue weighted by Crippen LogP contribution is 2.27. The van der Waals surface area contributed by atoms with E-state index in [2.05, 4.69) is 20.8 Å². The van der Waals surface area contributed by atoms with E-state index < -0.39 is 11.1 Å². The number of carbonyl (C=O) groups excluding carboxylic acids is 1. The number of thioether (sulfide) groups is 1. The lowest BCUT2D eigenvalue weighted by molar-refractivity contribution is -0.115. The minimum absolute atomic E-state index is 0.152. The molecule has 3 aromatic rings. The van der Waals surface area contributed by atoms with Gasteiger partial charge in [-0.2, -0.15) is 4.68 Å². The minimum atomic E-state index is -0.510. The zero-order valence-electron chi connectivity index (χ0n) is 14.6. The van der Waals surface area contributed by atoms with Gasteiger partial charge in [0, 0.05) is 0 Å². The fourth-order valence-corrected chi connectivity index (χ4v) is 3.33. The highest BCUT2D eigenvalue weighted by Gasteiger charge is 2.21. The van der Waals surface area contributed by atoms with E-state index >= 15 is 0 Å². The van der Waals surface area contributed by atoms with Crippen LogP contribution in [0.4, 0.5) is 10.1 Å². The number of para-hydroxylation sites is 2. The predicted molar refractivity (Wildman–Crippen MR) is 99.0 cm³/mol. The van der Waals surface area contributed by atoms with Crippen LogP contribution in [0.2, 0.25) is 0 Å². The normalized spacial score (nSPS) is 12.0. The lowest BCUT2D eigenvalue weighted by atomic mass is 10.1. The molecular formula is C18H18FN5OS. The number of nitrogens with one attached hydrogen (secondary N) is 1. The molecule has 8 heteroatoms. The molecule has 26 heavy (non-hydrogen) atoms. The molecular weight excluding hydrogens is 353 g/mol. The molecule has 0 radical (unpaired) electrons. The van der Waals surface area contributed by atoms with Crippen molar-refractivity contribution in [2.24, 2.45) is 0 Å². The maximum atomic E-state index is 13.7. The Bertz CT molecular complexity index is 923. The van der Waals surface area contributed by atoms with Crippen molar-refractivity contribution in [3.63, 3.8) is 0 Å². The second-order valence-corrected chi connectivity index (χ2v) is 7.15. The highest BCUT2D eigenvalue weighted by atomic mass is 32.2. The summed E-state index contributed by atoms with van der Waals surface area (Å²) in [6, 6.07) is 12.0. The molecule has 1 amide bonds. The summed E-state index contributed by atoms with van der Waals surface area (Å²) < 4.78 is 15.3. The topological polar surface area (TPSA) is 72.7 Å². The molecule has 0 bridgehead atoms. The van der Waals surface area contributed by atoms with E-state index in [9.17, 15) is 9.18 Å². The summed E-state index contributed by atoms with van der Waals surface area (Å²) in [7, 11) is 0. The average Bonchev–Trinajstić information content (AvgIpc) is 3.04. The number of hydrogen-bond donors (Lipinski definition) is 1. The molecule has 1 aromatic heterocycles. The van der Waals surface area contributed by atoms with Crippen LogP contribution in [0.25, 0.3) is 5.69 Å². The van der Waals surface area contributed by atoms with Crippen molar-refractivity contribution in [1.29, 1.82) is 0 Å². The molecule has 0 spiro atoms. The van der Waals surface area contributed by atoms with Gasteiger partial charge in [0.25, 0.3) is 0 Å². The van der Waals surface area contributed by atoms with E-state index in [-0.39, 0.29) is 11.6 Å². The van der Waals surface area contributed by atoms with Gasteiger partial charge in [-0.15, -0.1) is 5.10 Å². The summed E-state index contributed by atoms with van der Waals surface area (Å²) in [5, 5.41) is 14.4. The van der Waals surface area contributed by atoms with Crippen molar-refractivity contribution in [3.05, 3.63) is 59.4 Å². The second-order valence-electron chi connectivity index (χ2n) is 5.84. The monoisotopic (exact) mass is 371 g/mol. The highest BCUT2D eigenvalue weighted by molar-refractivity contribution is 8.00. The van der Waals surface area contributed by atoms with Gasteiger partial charge in [-0.25, -0.2) is 4.39 Å². The van der Waals surface area contributed by atoms with Crippen LogP contribution in [0.1, 0.15) is 18.1 Å². The SMILES string of the molecule is Cc1cccc(C)c1-n1nnnc1S[C@H](C)C(=O)Nc1ccccc1F. The molecule has 2 aromatic carbocycles. The lowest BCUT2D eigenvalue weighted by Gasteiger charge is -2.14. The van der Waals surface area contributed by atoms with Crippen LogP contribution in [0.5, 0.6) is 0 Å². The van der Waals surface area contributed by atoms with Crippen molar-refractivity contribution in [2.75, 3.05) is 5.32 Å². The quantitative estimate of drug-likeness (QED) is 0.695. The van der Waals surface area contributed by atoms with Gasteiger partial charge in [0.1, 0.15) is 5.82 Å². The van der Waals surface area contributed by atoms with Crippen LogP contribution in [0.15, 0.2) is 47.6 Å². The maximum Gasteiger partial charge on any atom is 0.237 e. The lowest BCUT2D eigenvalue weighted by Crippen LogP contribution is -2.23. The number of aryl methyl sites for hydroxylation is 2. The number of rotatable bonds is 5. The molecule has 0 aliphatic heterocycles. The molecule has 1 heterocycles. The van der Waals surface area contributed by atoms with Crippen LogP contribution in [-0.2, 0) is 4.79 Å². The fourth-order valence-electron chi connectivity index (χ4n) is 2.54. The predicted octanol–water partition coefficient (Wildman–Crippen LogP) is 3.54. The van der Waals surface area contributed by atoms with Crippen molar-refractivity contribution < 1.29 is 9.18 Å². The van der Waals surface area contributed by atoms with Crippen LogP contribution in [0, 0.1) is 19.7 Å². The van der Waals surface area contributed by atoms with Crippen molar-refractivity contribution in [3.8, 4) is 5.69 Å². The summed E-state index contributed by atoms with van der Waals surface area (Å²) in [5.74, 6) is -0.797. The standard InChI is InChI=1S/C18H18FN5OS/c1-11-7-6-8-12(2)16(11)24-18(21-22-23-24)26-13(3)17(25)20-15-10-5-4-9-14(15)19/h4-10,13H,1-3H3,(H,20,25)/t13-/m1/s1. The van der Waals surface area contributed by atoms with E-state index in [1.807, 2.05) is 32.0 Å². The molecule has 6 nitrogen and oxygen atoms in total. The molecule has 0 saturated heterocycles. The van der Waals surface area contributed by atoms with Gasteiger partial charge in [0.15, 0.2) is 0 Å². The fraction of sp³-hybridized carbons (Fsp3) is 0.222. The Hall–Kier alpha value is -2.74. The summed E-state index contributed by atoms with van der Waals surface area (Å²) in [6.07, 6.45) is 0. The Morgan fingerprint density at radius 3 is 2.54 bits per heavy atom. The summed E-state index contributed by atoms with van der Waals surface area (Å²) in [5.41, 5.74) is 3.10.